The van der Waals surface area contributed by atoms with E-state index in [1.807, 2.05) is 6.92 Å². The Kier molecular flexibility index (Phi) is 5.77. The van der Waals surface area contributed by atoms with Crippen LogP contribution in [-0.2, 0) is 4.74 Å². The number of aliphatic hydroxyl groups excluding tert-OH is 1. The van der Waals surface area contributed by atoms with E-state index in [0.29, 0.717) is 24.5 Å². The fourth-order valence-electron chi connectivity index (χ4n) is 2.70. The zero-order valence-electron chi connectivity index (χ0n) is 11.3. The number of rotatable bonds is 5. The molecular weight excluding hydrogens is 200 g/mol. The first-order valence-electron chi connectivity index (χ1n) is 6.80. The van der Waals surface area contributed by atoms with Crippen molar-refractivity contribution in [2.24, 2.45) is 17.8 Å². The highest BCUT2D eigenvalue weighted by Gasteiger charge is 2.31. The van der Waals surface area contributed by atoms with Gasteiger partial charge in [0.2, 0.25) is 0 Å². The Morgan fingerprint density at radius 1 is 1.25 bits per heavy atom. The average Bonchev–Trinajstić information content (AvgIpc) is 2.16. The van der Waals surface area contributed by atoms with Gasteiger partial charge in [0.1, 0.15) is 0 Å². The molecule has 2 heteroatoms. The summed E-state index contributed by atoms with van der Waals surface area (Å²) in [5, 5.41) is 9.23. The summed E-state index contributed by atoms with van der Waals surface area (Å²) >= 11 is 0. The summed E-state index contributed by atoms with van der Waals surface area (Å²) in [6.45, 7) is 9.45. The first kappa shape index (κ1) is 14.0. The van der Waals surface area contributed by atoms with Crippen molar-refractivity contribution in [3.8, 4) is 0 Å². The SMILES string of the molecule is CC(C)C1CC[C@@H](C)C[C@H]1OCC[C@H](C)O. The fraction of sp³-hybridized carbons (Fsp3) is 1.00. The summed E-state index contributed by atoms with van der Waals surface area (Å²) in [4.78, 5) is 0. The molecule has 96 valence electrons. The normalized spacial score (nSPS) is 33.0. The summed E-state index contributed by atoms with van der Waals surface area (Å²) in [7, 11) is 0. The molecule has 0 aromatic carbocycles. The summed E-state index contributed by atoms with van der Waals surface area (Å²) in [5.74, 6) is 2.22. The minimum Gasteiger partial charge on any atom is -0.393 e. The maximum Gasteiger partial charge on any atom is 0.0608 e. The van der Waals surface area contributed by atoms with Crippen molar-refractivity contribution in [1.82, 2.24) is 0 Å². The van der Waals surface area contributed by atoms with E-state index in [2.05, 4.69) is 20.8 Å². The summed E-state index contributed by atoms with van der Waals surface area (Å²) in [6.07, 6.45) is 4.79. The average molecular weight is 228 g/mol. The molecule has 0 spiro atoms. The number of hydrogen-bond donors (Lipinski definition) is 1. The van der Waals surface area contributed by atoms with Crippen molar-refractivity contribution in [2.75, 3.05) is 6.61 Å². The van der Waals surface area contributed by atoms with E-state index < -0.39 is 0 Å². The van der Waals surface area contributed by atoms with Gasteiger partial charge in [-0.1, -0.05) is 27.2 Å². The van der Waals surface area contributed by atoms with Gasteiger partial charge in [0.15, 0.2) is 0 Å². The maximum absolute atomic E-state index is 9.23. The Balaban J connectivity index is 2.38. The lowest BCUT2D eigenvalue weighted by atomic mass is 9.75. The third-order valence-electron chi connectivity index (χ3n) is 3.83. The van der Waals surface area contributed by atoms with Crippen molar-refractivity contribution in [3.05, 3.63) is 0 Å². The molecule has 1 fully saturated rings. The van der Waals surface area contributed by atoms with E-state index in [9.17, 15) is 5.11 Å². The molecule has 1 aliphatic carbocycles. The zero-order chi connectivity index (χ0) is 12.1. The van der Waals surface area contributed by atoms with Crippen molar-refractivity contribution >= 4 is 0 Å². The van der Waals surface area contributed by atoms with Gasteiger partial charge >= 0.3 is 0 Å². The molecule has 0 amide bonds. The Morgan fingerprint density at radius 3 is 2.50 bits per heavy atom. The molecule has 0 aromatic rings. The van der Waals surface area contributed by atoms with Crippen molar-refractivity contribution < 1.29 is 9.84 Å². The molecule has 1 N–H and O–H groups in total. The largest absolute Gasteiger partial charge is 0.393 e. The standard InChI is InChI=1S/C14H28O2/c1-10(2)13-6-5-11(3)9-14(13)16-8-7-12(4)15/h10-15H,5-9H2,1-4H3/t11-,12+,13?,14-/m1/s1. The quantitative estimate of drug-likeness (QED) is 0.783. The van der Waals surface area contributed by atoms with Gasteiger partial charge in [-0.2, -0.15) is 0 Å². The zero-order valence-corrected chi connectivity index (χ0v) is 11.3. The van der Waals surface area contributed by atoms with Crippen LogP contribution in [-0.4, -0.2) is 23.9 Å². The van der Waals surface area contributed by atoms with Crippen LogP contribution in [0.2, 0.25) is 0 Å². The van der Waals surface area contributed by atoms with Crippen LogP contribution in [0.5, 0.6) is 0 Å². The van der Waals surface area contributed by atoms with Crippen LogP contribution in [0, 0.1) is 17.8 Å². The Morgan fingerprint density at radius 2 is 1.94 bits per heavy atom. The molecule has 0 aromatic heterocycles. The maximum atomic E-state index is 9.23. The summed E-state index contributed by atoms with van der Waals surface area (Å²) in [5.41, 5.74) is 0. The van der Waals surface area contributed by atoms with Gasteiger partial charge in [0.25, 0.3) is 0 Å². The van der Waals surface area contributed by atoms with Crippen LogP contribution in [0.25, 0.3) is 0 Å². The van der Waals surface area contributed by atoms with Crippen LogP contribution in [0.3, 0.4) is 0 Å². The molecular formula is C14H28O2. The Hall–Kier alpha value is -0.0800. The first-order valence-corrected chi connectivity index (χ1v) is 6.80. The number of aliphatic hydroxyl groups is 1. The predicted octanol–water partition coefficient (Wildman–Crippen LogP) is 3.23. The highest BCUT2D eigenvalue weighted by Crippen LogP contribution is 2.35. The number of hydrogen-bond acceptors (Lipinski definition) is 2. The second-order valence-corrected chi connectivity index (χ2v) is 5.87. The predicted molar refractivity (Wildman–Crippen MR) is 67.4 cm³/mol. The van der Waals surface area contributed by atoms with E-state index in [1.165, 1.54) is 19.3 Å². The van der Waals surface area contributed by atoms with Crippen molar-refractivity contribution in [3.63, 3.8) is 0 Å². The van der Waals surface area contributed by atoms with Gasteiger partial charge < -0.3 is 9.84 Å². The highest BCUT2D eigenvalue weighted by atomic mass is 16.5. The van der Waals surface area contributed by atoms with E-state index in [0.717, 1.165) is 12.3 Å². The molecule has 4 atom stereocenters. The van der Waals surface area contributed by atoms with E-state index in [-0.39, 0.29) is 6.10 Å². The van der Waals surface area contributed by atoms with Crippen LogP contribution in [0.15, 0.2) is 0 Å². The van der Waals surface area contributed by atoms with Gasteiger partial charge in [-0.25, -0.2) is 0 Å². The Labute approximate surface area is 100 Å². The minimum absolute atomic E-state index is 0.237. The lowest BCUT2D eigenvalue weighted by molar-refractivity contribution is -0.0462. The van der Waals surface area contributed by atoms with E-state index in [1.54, 1.807) is 0 Å². The molecule has 0 bridgehead atoms. The smallest absolute Gasteiger partial charge is 0.0608 e. The molecule has 1 unspecified atom stereocenters. The molecule has 16 heavy (non-hydrogen) atoms. The van der Waals surface area contributed by atoms with Gasteiger partial charge in [0, 0.05) is 6.61 Å². The second-order valence-electron chi connectivity index (χ2n) is 5.87. The molecule has 0 saturated heterocycles. The van der Waals surface area contributed by atoms with Crippen LogP contribution < -0.4 is 0 Å². The summed E-state index contributed by atoms with van der Waals surface area (Å²) in [6, 6.07) is 0. The fourth-order valence-corrected chi connectivity index (χ4v) is 2.70. The summed E-state index contributed by atoms with van der Waals surface area (Å²) < 4.78 is 5.98. The van der Waals surface area contributed by atoms with Crippen molar-refractivity contribution in [2.45, 2.75) is 65.6 Å². The van der Waals surface area contributed by atoms with E-state index >= 15 is 0 Å². The molecule has 0 aliphatic heterocycles. The van der Waals surface area contributed by atoms with Gasteiger partial charge in [-0.05, 0) is 43.9 Å². The molecule has 1 aliphatic rings. The molecule has 0 heterocycles. The number of ether oxygens (including phenoxy) is 1. The van der Waals surface area contributed by atoms with E-state index in [4.69, 9.17) is 4.74 Å². The Bertz CT molecular complexity index is 189. The molecule has 1 saturated carbocycles. The van der Waals surface area contributed by atoms with Gasteiger partial charge in [-0.3, -0.25) is 0 Å². The van der Waals surface area contributed by atoms with Gasteiger partial charge in [-0.15, -0.1) is 0 Å². The topological polar surface area (TPSA) is 29.5 Å². The minimum atomic E-state index is -0.237. The second kappa shape index (κ2) is 6.61. The van der Waals surface area contributed by atoms with Crippen LogP contribution >= 0.6 is 0 Å². The third kappa shape index (κ3) is 4.42. The lowest BCUT2D eigenvalue weighted by Gasteiger charge is -2.37. The van der Waals surface area contributed by atoms with Gasteiger partial charge in [0.05, 0.1) is 12.2 Å². The molecule has 2 nitrogen and oxygen atoms in total. The third-order valence-corrected chi connectivity index (χ3v) is 3.83. The highest BCUT2D eigenvalue weighted by molar-refractivity contribution is 4.81. The van der Waals surface area contributed by atoms with Crippen molar-refractivity contribution in [1.29, 1.82) is 0 Å². The first-order chi connectivity index (χ1) is 7.50. The van der Waals surface area contributed by atoms with Crippen LogP contribution in [0.1, 0.15) is 53.4 Å². The molecule has 0 radical (unpaired) electrons. The molecule has 1 rings (SSSR count). The van der Waals surface area contributed by atoms with Crippen LogP contribution in [0.4, 0.5) is 0 Å². The lowest BCUT2D eigenvalue weighted by Crippen LogP contribution is -2.34. The monoisotopic (exact) mass is 228 g/mol.